The van der Waals surface area contributed by atoms with Gasteiger partial charge in [-0.3, -0.25) is 14.2 Å². The lowest BCUT2D eigenvalue weighted by atomic mass is 9.97. The van der Waals surface area contributed by atoms with Gasteiger partial charge in [0.15, 0.2) is 0 Å². The van der Waals surface area contributed by atoms with E-state index in [0.29, 0.717) is 65.6 Å². The number of rotatable bonds is 12. The highest BCUT2D eigenvalue weighted by Gasteiger charge is 2.21. The number of halogens is 2. The molecule has 2 atom stereocenters. The summed E-state index contributed by atoms with van der Waals surface area (Å²) in [5.41, 5.74) is 5.41. The largest absolute Gasteiger partial charge is 0.481 e. The summed E-state index contributed by atoms with van der Waals surface area (Å²) in [6.07, 6.45) is 2.66. The van der Waals surface area contributed by atoms with Gasteiger partial charge in [0.25, 0.3) is 5.56 Å². The first kappa shape index (κ1) is 33.6. The van der Waals surface area contributed by atoms with E-state index in [1.807, 2.05) is 48.5 Å². The van der Waals surface area contributed by atoms with Gasteiger partial charge in [0.2, 0.25) is 11.8 Å². The molecule has 1 amide bonds. The number of aliphatic hydroxyl groups excluding tert-OH is 1. The Morgan fingerprint density at radius 1 is 1.02 bits per heavy atom. The SMILES string of the molecule is COc1nc(-c2cccc(-c3cccc(-c4cc5c(=O)n(C)c(CNC[C@@H](C)O)nn5c4)c3Cl)c2Cl)ccc1CNC[C@H]1CCC(=O)N1. The monoisotopic (exact) mass is 689 g/mol. The molecule has 48 heavy (non-hydrogen) atoms. The molecule has 6 rings (SSSR count). The number of hydrogen-bond acceptors (Lipinski definition) is 8. The lowest BCUT2D eigenvalue weighted by Gasteiger charge is -2.15. The Kier molecular flexibility index (Phi) is 10.1. The van der Waals surface area contributed by atoms with Crippen molar-refractivity contribution in [2.75, 3.05) is 20.2 Å². The van der Waals surface area contributed by atoms with Crippen molar-refractivity contribution in [2.24, 2.45) is 7.05 Å². The summed E-state index contributed by atoms with van der Waals surface area (Å²) in [6, 6.07) is 17.2. The van der Waals surface area contributed by atoms with Crippen molar-refractivity contribution >= 4 is 34.6 Å². The van der Waals surface area contributed by atoms with Gasteiger partial charge in [-0.05, 0) is 25.5 Å². The molecule has 13 heteroatoms. The predicted molar refractivity (Wildman–Crippen MR) is 187 cm³/mol. The molecule has 0 spiro atoms. The molecule has 0 unspecified atom stereocenters. The van der Waals surface area contributed by atoms with E-state index in [1.165, 1.54) is 4.57 Å². The third-order valence-corrected chi connectivity index (χ3v) is 9.27. The second-order valence-electron chi connectivity index (χ2n) is 12.0. The van der Waals surface area contributed by atoms with Crippen molar-refractivity contribution in [3.8, 4) is 39.4 Å². The summed E-state index contributed by atoms with van der Waals surface area (Å²) in [6.45, 7) is 3.60. The predicted octanol–water partition coefficient (Wildman–Crippen LogP) is 4.58. The van der Waals surface area contributed by atoms with Gasteiger partial charge < -0.3 is 25.8 Å². The molecule has 0 bridgehead atoms. The Hall–Kier alpha value is -4.26. The van der Waals surface area contributed by atoms with Crippen LogP contribution in [0.1, 0.15) is 31.2 Å². The summed E-state index contributed by atoms with van der Waals surface area (Å²) < 4.78 is 8.70. The molecule has 1 aliphatic rings. The molecule has 1 aliphatic heterocycles. The summed E-state index contributed by atoms with van der Waals surface area (Å²) in [5.74, 6) is 1.11. The summed E-state index contributed by atoms with van der Waals surface area (Å²) in [7, 11) is 3.26. The molecule has 2 aromatic carbocycles. The van der Waals surface area contributed by atoms with Crippen molar-refractivity contribution in [1.82, 2.24) is 35.1 Å². The maximum atomic E-state index is 13.2. The summed E-state index contributed by atoms with van der Waals surface area (Å²) >= 11 is 14.1. The number of carbonyl (C=O) groups is 1. The molecule has 4 N–H and O–H groups in total. The minimum atomic E-state index is -0.515. The molecule has 250 valence electrons. The molecule has 5 aromatic rings. The fraction of sp³-hybridized carbons (Fsp3) is 0.314. The highest BCUT2D eigenvalue weighted by molar-refractivity contribution is 6.39. The lowest BCUT2D eigenvalue weighted by molar-refractivity contribution is -0.119. The second kappa shape index (κ2) is 14.5. The number of benzene rings is 2. The summed E-state index contributed by atoms with van der Waals surface area (Å²) in [5, 5.41) is 24.6. The minimum absolute atomic E-state index is 0.0911. The van der Waals surface area contributed by atoms with Crippen LogP contribution in [0.25, 0.3) is 39.0 Å². The van der Waals surface area contributed by atoms with Gasteiger partial charge in [-0.15, -0.1) is 0 Å². The Morgan fingerprint density at radius 3 is 2.42 bits per heavy atom. The molecular formula is C35H37Cl2N7O4. The van der Waals surface area contributed by atoms with E-state index >= 15 is 0 Å². The number of hydrogen-bond donors (Lipinski definition) is 4. The summed E-state index contributed by atoms with van der Waals surface area (Å²) in [4.78, 5) is 29.5. The van der Waals surface area contributed by atoms with Gasteiger partial charge in [0.1, 0.15) is 11.3 Å². The van der Waals surface area contributed by atoms with E-state index in [-0.39, 0.29) is 17.5 Å². The fourth-order valence-corrected chi connectivity index (χ4v) is 6.57. The Balaban J connectivity index is 1.28. The van der Waals surface area contributed by atoms with Gasteiger partial charge >= 0.3 is 0 Å². The topological polar surface area (TPSA) is 135 Å². The first-order valence-electron chi connectivity index (χ1n) is 15.7. The molecule has 0 aliphatic carbocycles. The fourth-order valence-electron chi connectivity index (χ4n) is 5.91. The van der Waals surface area contributed by atoms with E-state index in [1.54, 1.807) is 37.9 Å². The van der Waals surface area contributed by atoms with Crippen LogP contribution in [0.15, 0.2) is 65.6 Å². The van der Waals surface area contributed by atoms with Crippen LogP contribution in [0.3, 0.4) is 0 Å². The zero-order valence-electron chi connectivity index (χ0n) is 26.9. The second-order valence-corrected chi connectivity index (χ2v) is 12.7. The number of ether oxygens (including phenoxy) is 1. The van der Waals surface area contributed by atoms with Crippen LogP contribution in [0, 0.1) is 0 Å². The van der Waals surface area contributed by atoms with Crippen LogP contribution < -0.4 is 26.2 Å². The lowest BCUT2D eigenvalue weighted by Crippen LogP contribution is -2.35. The van der Waals surface area contributed by atoms with Crippen LogP contribution in [-0.4, -0.2) is 62.5 Å². The standard InChI is InChI=1S/C35H37Cl2N7O4/c1-20(45)15-38-18-30-42-44-19-22(14-29(44)35(47)43(30)2)24-6-4-7-25(32(24)36)26-8-5-9-27(33(26)37)28-12-10-21(34(41-28)48-3)16-39-17-23-11-13-31(46)40-23/h4-10,12,14,19-20,23,38-39,45H,11,13,15-18H2,1-3H3,(H,40,46)/t20-,23-/m1/s1. The average Bonchev–Trinajstić information content (AvgIpc) is 3.69. The highest BCUT2D eigenvalue weighted by atomic mass is 35.5. The number of aliphatic hydroxyl groups is 1. The molecule has 0 saturated carbocycles. The Labute approximate surface area is 287 Å². The van der Waals surface area contributed by atoms with Crippen molar-refractivity contribution in [3.63, 3.8) is 0 Å². The number of methoxy groups -OCH3 is 1. The van der Waals surface area contributed by atoms with Crippen molar-refractivity contribution in [3.05, 3.63) is 92.6 Å². The van der Waals surface area contributed by atoms with Gasteiger partial charge in [-0.1, -0.05) is 65.7 Å². The number of fused-ring (bicyclic) bond motifs is 1. The van der Waals surface area contributed by atoms with Crippen LogP contribution in [0.4, 0.5) is 0 Å². The zero-order chi connectivity index (χ0) is 33.9. The van der Waals surface area contributed by atoms with Crippen molar-refractivity contribution < 1.29 is 14.6 Å². The number of aromatic nitrogens is 4. The van der Waals surface area contributed by atoms with E-state index in [9.17, 15) is 14.7 Å². The Bertz CT molecular complexity index is 2040. The zero-order valence-corrected chi connectivity index (χ0v) is 28.4. The highest BCUT2D eigenvalue weighted by Crippen LogP contribution is 2.42. The number of nitrogens with zero attached hydrogens (tertiary/aromatic N) is 4. The Morgan fingerprint density at radius 2 is 1.73 bits per heavy atom. The number of carbonyl (C=O) groups excluding carboxylic acids is 1. The molecule has 3 aromatic heterocycles. The minimum Gasteiger partial charge on any atom is -0.481 e. The van der Waals surface area contributed by atoms with Crippen LogP contribution >= 0.6 is 23.2 Å². The number of pyridine rings is 1. The van der Waals surface area contributed by atoms with E-state index < -0.39 is 6.10 Å². The smallest absolute Gasteiger partial charge is 0.277 e. The van der Waals surface area contributed by atoms with Crippen molar-refractivity contribution in [2.45, 2.75) is 45.0 Å². The number of nitrogens with one attached hydrogen (secondary N) is 3. The van der Waals surface area contributed by atoms with E-state index in [4.69, 9.17) is 32.9 Å². The van der Waals surface area contributed by atoms with Gasteiger partial charge in [-0.25, -0.2) is 9.50 Å². The normalized spacial score (nSPS) is 15.2. The van der Waals surface area contributed by atoms with Crippen LogP contribution in [0.2, 0.25) is 10.0 Å². The van der Waals surface area contributed by atoms with Crippen LogP contribution in [0.5, 0.6) is 5.88 Å². The first-order chi connectivity index (χ1) is 23.1. The third kappa shape index (κ3) is 6.96. The molecule has 1 saturated heterocycles. The third-order valence-electron chi connectivity index (χ3n) is 8.46. The maximum absolute atomic E-state index is 13.2. The molecule has 0 radical (unpaired) electrons. The van der Waals surface area contributed by atoms with Gasteiger partial charge in [0, 0.05) is 78.7 Å². The van der Waals surface area contributed by atoms with Crippen molar-refractivity contribution in [1.29, 1.82) is 0 Å². The number of amides is 1. The van der Waals surface area contributed by atoms with E-state index in [2.05, 4.69) is 21.0 Å². The average molecular weight is 691 g/mol. The van der Waals surface area contributed by atoms with E-state index in [0.717, 1.165) is 39.8 Å². The molecule has 4 heterocycles. The molecular weight excluding hydrogens is 653 g/mol. The van der Waals surface area contributed by atoms with Crippen LogP contribution in [-0.2, 0) is 24.9 Å². The molecule has 11 nitrogen and oxygen atoms in total. The van der Waals surface area contributed by atoms with Gasteiger partial charge in [-0.2, -0.15) is 5.10 Å². The quantitative estimate of drug-likeness (QED) is 0.150. The first-order valence-corrected chi connectivity index (χ1v) is 16.5. The molecule has 1 fully saturated rings. The maximum Gasteiger partial charge on any atom is 0.277 e. The van der Waals surface area contributed by atoms with Gasteiger partial charge in [0.05, 0.1) is 35.5 Å².